The van der Waals surface area contributed by atoms with E-state index in [9.17, 15) is 9.90 Å². The van der Waals surface area contributed by atoms with Crippen LogP contribution in [0, 0.1) is 23.2 Å². The van der Waals surface area contributed by atoms with Crippen molar-refractivity contribution >= 4 is 5.91 Å². The molecule has 0 radical (unpaired) electrons. The summed E-state index contributed by atoms with van der Waals surface area (Å²) in [7, 11) is 0. The fourth-order valence-corrected chi connectivity index (χ4v) is 10.3. The summed E-state index contributed by atoms with van der Waals surface area (Å²) in [5, 5.41) is 10.7. The van der Waals surface area contributed by atoms with E-state index in [0.717, 1.165) is 24.3 Å². The number of nitrogens with zero attached hydrogens (tertiary/aromatic N) is 2. The zero-order chi connectivity index (χ0) is 23.5. The van der Waals surface area contributed by atoms with Gasteiger partial charge in [0.1, 0.15) is 5.75 Å². The maximum absolute atomic E-state index is 13.9. The number of likely N-dealkylation sites (tertiary alicyclic amines) is 2. The molecule has 2 aliphatic heterocycles. The van der Waals surface area contributed by atoms with Crippen LogP contribution < -0.4 is 0 Å². The maximum atomic E-state index is 13.9. The van der Waals surface area contributed by atoms with Crippen LogP contribution in [0.5, 0.6) is 5.75 Å². The van der Waals surface area contributed by atoms with Gasteiger partial charge in [-0.2, -0.15) is 0 Å². The summed E-state index contributed by atoms with van der Waals surface area (Å²) in [6.45, 7) is 4.79. The second-order valence-electron chi connectivity index (χ2n) is 12.7. The first-order valence-corrected chi connectivity index (χ1v) is 14.0. The smallest absolute Gasteiger partial charge is 0.254 e. The van der Waals surface area contributed by atoms with Crippen molar-refractivity contribution in [3.05, 3.63) is 65.2 Å². The summed E-state index contributed by atoms with van der Waals surface area (Å²) in [6.07, 6.45) is 8.73. The highest BCUT2D eigenvalue weighted by atomic mass is 16.3. The Kier molecular flexibility index (Phi) is 4.11. The summed E-state index contributed by atoms with van der Waals surface area (Å²) in [4.78, 5) is 19.1. The fourth-order valence-electron chi connectivity index (χ4n) is 10.3. The topological polar surface area (TPSA) is 43.8 Å². The van der Waals surface area contributed by atoms with Crippen molar-refractivity contribution < 1.29 is 9.90 Å². The van der Waals surface area contributed by atoms with Crippen molar-refractivity contribution in [2.24, 2.45) is 23.2 Å². The van der Waals surface area contributed by atoms with Gasteiger partial charge in [-0.3, -0.25) is 9.69 Å². The molecular weight excluding hydrogens is 432 g/mol. The number of benzene rings is 2. The zero-order valence-electron chi connectivity index (χ0n) is 20.7. The number of amides is 1. The molecule has 4 aliphatic carbocycles. The fraction of sp³-hybridized carbons (Fsp3) is 0.581. The van der Waals surface area contributed by atoms with Crippen LogP contribution in [0.4, 0.5) is 0 Å². The van der Waals surface area contributed by atoms with Crippen molar-refractivity contribution in [2.75, 3.05) is 13.1 Å². The molecule has 6 aliphatic rings. The molecule has 5 unspecified atom stereocenters. The first-order valence-electron chi connectivity index (χ1n) is 14.0. The van der Waals surface area contributed by atoms with Crippen LogP contribution >= 0.6 is 0 Å². The molecule has 0 spiro atoms. The number of carbonyl (C=O) groups is 1. The summed E-state index contributed by atoms with van der Waals surface area (Å²) in [6, 6.07) is 17.4. The number of rotatable bonds is 3. The van der Waals surface area contributed by atoms with Crippen LogP contribution in [0.3, 0.4) is 0 Å². The molecule has 2 aromatic carbocycles. The largest absolute Gasteiger partial charge is 0.508 e. The van der Waals surface area contributed by atoms with Gasteiger partial charge in [0, 0.05) is 35.6 Å². The lowest BCUT2D eigenvalue weighted by Gasteiger charge is -2.66. The van der Waals surface area contributed by atoms with E-state index in [0.29, 0.717) is 35.1 Å². The zero-order valence-corrected chi connectivity index (χ0v) is 20.7. The highest BCUT2D eigenvalue weighted by Crippen LogP contribution is 2.76. The molecule has 182 valence electrons. The quantitative estimate of drug-likeness (QED) is 0.690. The van der Waals surface area contributed by atoms with Crippen molar-refractivity contribution in [2.45, 2.75) is 75.4 Å². The van der Waals surface area contributed by atoms with Gasteiger partial charge in [-0.25, -0.2) is 0 Å². The third-order valence-electron chi connectivity index (χ3n) is 11.5. The number of carbonyl (C=O) groups excluding carboxylic acids is 1. The lowest BCUT2D eigenvalue weighted by atomic mass is 9.43. The van der Waals surface area contributed by atoms with Crippen molar-refractivity contribution in [1.29, 1.82) is 0 Å². The normalized spacial score (nSPS) is 40.9. The summed E-state index contributed by atoms with van der Waals surface area (Å²) in [5.74, 6) is 2.60. The Morgan fingerprint density at radius 1 is 1.09 bits per heavy atom. The molecule has 4 heteroatoms. The summed E-state index contributed by atoms with van der Waals surface area (Å²) >= 11 is 0. The van der Waals surface area contributed by atoms with Crippen LogP contribution in [0.25, 0.3) is 0 Å². The summed E-state index contributed by atoms with van der Waals surface area (Å²) < 4.78 is 0. The average molecular weight is 469 g/mol. The number of piperidine rings is 1. The van der Waals surface area contributed by atoms with Gasteiger partial charge in [0.15, 0.2) is 0 Å². The first-order chi connectivity index (χ1) is 17.0. The second kappa shape index (κ2) is 6.91. The Morgan fingerprint density at radius 2 is 1.91 bits per heavy atom. The molecular formula is C31H36N2O2. The minimum absolute atomic E-state index is 0.0948. The number of hydrogen-bond donors (Lipinski definition) is 1. The monoisotopic (exact) mass is 468 g/mol. The molecule has 2 heterocycles. The molecule has 2 saturated heterocycles. The molecule has 2 aromatic rings. The molecule has 5 fully saturated rings. The lowest BCUT2D eigenvalue weighted by Crippen LogP contribution is -2.70. The van der Waals surface area contributed by atoms with E-state index in [4.69, 9.17) is 0 Å². The highest BCUT2D eigenvalue weighted by molar-refractivity contribution is 5.95. The van der Waals surface area contributed by atoms with E-state index in [2.05, 4.69) is 28.9 Å². The van der Waals surface area contributed by atoms with E-state index in [1.165, 1.54) is 56.3 Å². The minimum atomic E-state index is 0.0948. The Hall–Kier alpha value is -2.33. The molecule has 7 atom stereocenters. The van der Waals surface area contributed by atoms with E-state index in [1.54, 1.807) is 0 Å². The van der Waals surface area contributed by atoms with Crippen LogP contribution in [0.15, 0.2) is 48.5 Å². The Bertz CT molecular complexity index is 1210. The standard InChI is InChI=1S/C31H36N2O2/c1-19-24-17-30-12-11-26(33(19)29(35)21-5-3-2-4-6-21)28(24)31(30)13-14-32(18-20-7-8-20)27(30)15-22-9-10-23(34)16-25(22)31/h2-6,9-10,16,19-20,24,26-28,34H,7-8,11-15,17-18H2,1H3/t19-,24+,26?,27?,28?,30?,31?/m0/s1. The molecule has 8 rings (SSSR count). The summed E-state index contributed by atoms with van der Waals surface area (Å²) in [5.41, 5.74) is 4.12. The Labute approximate surface area is 208 Å². The van der Waals surface area contributed by atoms with Gasteiger partial charge in [0.05, 0.1) is 0 Å². The molecule has 4 nitrogen and oxygen atoms in total. The Balaban J connectivity index is 1.27. The van der Waals surface area contributed by atoms with Gasteiger partial charge in [-0.1, -0.05) is 24.3 Å². The third kappa shape index (κ3) is 2.50. The van der Waals surface area contributed by atoms with Gasteiger partial charge in [0.25, 0.3) is 5.91 Å². The van der Waals surface area contributed by atoms with Crippen LogP contribution in [-0.2, 0) is 11.8 Å². The van der Waals surface area contributed by atoms with E-state index in [1.807, 2.05) is 36.4 Å². The Morgan fingerprint density at radius 3 is 2.71 bits per heavy atom. The lowest BCUT2D eigenvalue weighted by molar-refractivity contribution is -0.103. The predicted octanol–water partition coefficient (Wildman–Crippen LogP) is 5.00. The third-order valence-corrected chi connectivity index (χ3v) is 11.5. The van der Waals surface area contributed by atoms with Crippen LogP contribution in [0.2, 0.25) is 0 Å². The molecule has 1 N–H and O–H groups in total. The van der Waals surface area contributed by atoms with Crippen molar-refractivity contribution in [3.8, 4) is 5.75 Å². The molecule has 35 heavy (non-hydrogen) atoms. The van der Waals surface area contributed by atoms with Crippen molar-refractivity contribution in [1.82, 2.24) is 9.80 Å². The molecule has 4 bridgehead atoms. The average Bonchev–Trinajstić information content (AvgIpc) is 3.60. The SMILES string of the molecule is C[C@H]1[C@H]2CC34CCC(C2C32CCN(CC3CC3)C4Cc3ccc(O)cc32)N1C(=O)c1ccccc1. The highest BCUT2D eigenvalue weighted by Gasteiger charge is 2.77. The van der Waals surface area contributed by atoms with E-state index >= 15 is 0 Å². The van der Waals surface area contributed by atoms with Gasteiger partial charge in [0.2, 0.25) is 0 Å². The van der Waals surface area contributed by atoms with Gasteiger partial charge in [-0.05, 0) is 117 Å². The molecule has 0 aromatic heterocycles. The number of phenolic OH excluding ortho intramolecular Hbond substituents is 1. The molecule has 3 saturated carbocycles. The van der Waals surface area contributed by atoms with Crippen LogP contribution in [-0.4, -0.2) is 52.0 Å². The van der Waals surface area contributed by atoms with Gasteiger partial charge in [-0.15, -0.1) is 0 Å². The number of phenols is 1. The second-order valence-corrected chi connectivity index (χ2v) is 12.7. The number of fused-ring (bicyclic) bond motifs is 1. The van der Waals surface area contributed by atoms with Crippen molar-refractivity contribution in [3.63, 3.8) is 0 Å². The van der Waals surface area contributed by atoms with Gasteiger partial charge < -0.3 is 10.0 Å². The predicted molar refractivity (Wildman–Crippen MR) is 135 cm³/mol. The van der Waals surface area contributed by atoms with E-state index in [-0.39, 0.29) is 17.4 Å². The number of hydrogen-bond acceptors (Lipinski definition) is 3. The van der Waals surface area contributed by atoms with Crippen LogP contribution in [0.1, 0.15) is 66.9 Å². The number of aromatic hydroxyl groups is 1. The minimum Gasteiger partial charge on any atom is -0.508 e. The van der Waals surface area contributed by atoms with E-state index < -0.39 is 0 Å². The first kappa shape index (κ1) is 20.8. The van der Waals surface area contributed by atoms with Gasteiger partial charge >= 0.3 is 0 Å². The maximum Gasteiger partial charge on any atom is 0.254 e. The molecule has 1 amide bonds.